The Morgan fingerprint density at radius 3 is 2.46 bits per heavy atom. The highest BCUT2D eigenvalue weighted by atomic mass is 19.1. The molecule has 3 aromatic rings. The van der Waals surface area contributed by atoms with Gasteiger partial charge in [0.15, 0.2) is 5.78 Å². The number of benzene rings is 2. The monoisotopic (exact) mass is 324 g/mol. The summed E-state index contributed by atoms with van der Waals surface area (Å²) >= 11 is 0. The number of hydrogen-bond acceptors (Lipinski definition) is 2. The maximum atomic E-state index is 14.5. The molecule has 3 rings (SSSR count). The molecule has 0 atom stereocenters. The molecule has 0 fully saturated rings. The molecule has 0 aliphatic heterocycles. The lowest BCUT2D eigenvalue weighted by atomic mass is 9.99. The van der Waals surface area contributed by atoms with E-state index in [2.05, 4.69) is 9.88 Å². The summed E-state index contributed by atoms with van der Waals surface area (Å²) in [6, 6.07) is 10.8. The van der Waals surface area contributed by atoms with E-state index in [0.717, 1.165) is 35.0 Å². The van der Waals surface area contributed by atoms with E-state index in [1.165, 1.54) is 13.0 Å². The Morgan fingerprint density at radius 2 is 1.83 bits per heavy atom. The molecule has 2 aromatic carbocycles. The molecule has 24 heavy (non-hydrogen) atoms. The van der Waals surface area contributed by atoms with Crippen LogP contribution >= 0.6 is 0 Å². The molecule has 1 N–H and O–H groups in total. The first kappa shape index (κ1) is 16.4. The Morgan fingerprint density at radius 1 is 1.12 bits per heavy atom. The number of aromatic amines is 1. The van der Waals surface area contributed by atoms with E-state index >= 15 is 0 Å². The van der Waals surface area contributed by atoms with Crippen LogP contribution in [0.25, 0.3) is 22.0 Å². The summed E-state index contributed by atoms with van der Waals surface area (Å²) in [6.45, 7) is 2.45. The second kappa shape index (κ2) is 6.57. The number of Topliss-reactive ketones (excluding diaryl/α,β-unsaturated/α-hetero) is 1. The first-order chi connectivity index (χ1) is 11.5. The Balaban J connectivity index is 2.02. The van der Waals surface area contributed by atoms with Gasteiger partial charge in [0.2, 0.25) is 0 Å². The summed E-state index contributed by atoms with van der Waals surface area (Å²) in [5, 5.41) is 0.919. The average molecular weight is 324 g/mol. The highest BCUT2D eigenvalue weighted by Crippen LogP contribution is 2.29. The van der Waals surface area contributed by atoms with E-state index in [1.54, 1.807) is 12.1 Å². The summed E-state index contributed by atoms with van der Waals surface area (Å²) in [5.41, 5.74) is 4.04. The maximum absolute atomic E-state index is 14.5. The van der Waals surface area contributed by atoms with Crippen LogP contribution in [-0.2, 0) is 6.42 Å². The zero-order valence-corrected chi connectivity index (χ0v) is 14.2. The summed E-state index contributed by atoms with van der Waals surface area (Å²) in [4.78, 5) is 16.5. The zero-order valence-electron chi connectivity index (χ0n) is 14.2. The molecular formula is C20H21FN2O. The van der Waals surface area contributed by atoms with Crippen molar-refractivity contribution in [3.63, 3.8) is 0 Å². The Labute approximate surface area is 141 Å². The molecule has 0 amide bonds. The van der Waals surface area contributed by atoms with Crippen LogP contribution in [0.1, 0.15) is 22.8 Å². The lowest BCUT2D eigenvalue weighted by molar-refractivity contribution is 0.101. The predicted molar refractivity (Wildman–Crippen MR) is 96.0 cm³/mol. The van der Waals surface area contributed by atoms with Gasteiger partial charge in [-0.1, -0.05) is 24.3 Å². The number of H-pyrrole nitrogens is 1. The fraction of sp³-hybridized carbons (Fsp3) is 0.250. The van der Waals surface area contributed by atoms with E-state index < -0.39 is 0 Å². The molecule has 124 valence electrons. The largest absolute Gasteiger partial charge is 0.359 e. The normalized spacial score (nSPS) is 11.4. The summed E-state index contributed by atoms with van der Waals surface area (Å²) in [7, 11) is 4.05. The van der Waals surface area contributed by atoms with Gasteiger partial charge in [-0.3, -0.25) is 4.79 Å². The molecule has 0 unspecified atom stereocenters. The zero-order chi connectivity index (χ0) is 17.3. The highest BCUT2D eigenvalue weighted by molar-refractivity contribution is 5.95. The fourth-order valence-corrected chi connectivity index (χ4v) is 2.86. The van der Waals surface area contributed by atoms with Gasteiger partial charge in [0.25, 0.3) is 0 Å². The van der Waals surface area contributed by atoms with Gasteiger partial charge in [-0.05, 0) is 56.3 Å². The van der Waals surface area contributed by atoms with Crippen molar-refractivity contribution in [3.05, 3.63) is 59.5 Å². The van der Waals surface area contributed by atoms with Gasteiger partial charge in [0.1, 0.15) is 5.82 Å². The van der Waals surface area contributed by atoms with Crippen LogP contribution in [0.3, 0.4) is 0 Å². The number of likely N-dealkylation sites (N-methyl/N-ethyl adjacent to an activating group) is 1. The smallest absolute Gasteiger partial charge is 0.159 e. The molecule has 1 heterocycles. The van der Waals surface area contributed by atoms with Crippen molar-refractivity contribution >= 4 is 16.7 Å². The number of nitrogens with one attached hydrogen (secondary N) is 1. The summed E-state index contributed by atoms with van der Waals surface area (Å²) in [5.74, 6) is -0.228. The molecule has 3 nitrogen and oxygen atoms in total. The third kappa shape index (κ3) is 3.24. The van der Waals surface area contributed by atoms with E-state index in [9.17, 15) is 9.18 Å². The number of rotatable bonds is 5. The van der Waals surface area contributed by atoms with Crippen molar-refractivity contribution < 1.29 is 9.18 Å². The number of aromatic nitrogens is 1. The standard InChI is InChI=1S/C20H21FN2O/c1-13(24)14-4-6-15(7-5-14)17-10-18-16(8-9-23(2)3)12-22-20(18)19(21)11-17/h4-7,10-12,22H,8-9H2,1-3H3. The van der Waals surface area contributed by atoms with Crippen LogP contribution in [0.15, 0.2) is 42.6 Å². The molecule has 0 saturated heterocycles. The van der Waals surface area contributed by atoms with Gasteiger partial charge in [-0.2, -0.15) is 0 Å². The van der Waals surface area contributed by atoms with Gasteiger partial charge < -0.3 is 9.88 Å². The molecule has 0 saturated carbocycles. The van der Waals surface area contributed by atoms with Gasteiger partial charge in [-0.25, -0.2) is 4.39 Å². The molecule has 1 aromatic heterocycles. The SMILES string of the molecule is CC(=O)c1ccc(-c2cc(F)c3[nH]cc(CCN(C)C)c3c2)cc1. The van der Waals surface area contributed by atoms with Crippen molar-refractivity contribution in [2.75, 3.05) is 20.6 Å². The van der Waals surface area contributed by atoms with Crippen molar-refractivity contribution in [1.29, 1.82) is 0 Å². The minimum Gasteiger partial charge on any atom is -0.359 e. The van der Waals surface area contributed by atoms with E-state index in [1.807, 2.05) is 38.5 Å². The third-order valence-corrected chi connectivity index (χ3v) is 4.28. The van der Waals surface area contributed by atoms with Crippen LogP contribution in [-0.4, -0.2) is 36.3 Å². The molecule has 0 radical (unpaired) electrons. The molecule has 0 aliphatic carbocycles. The van der Waals surface area contributed by atoms with Gasteiger partial charge in [0, 0.05) is 23.7 Å². The number of hydrogen-bond donors (Lipinski definition) is 1. The van der Waals surface area contributed by atoms with Gasteiger partial charge in [0.05, 0.1) is 5.52 Å². The Hall–Kier alpha value is -2.46. The third-order valence-electron chi connectivity index (χ3n) is 4.28. The van der Waals surface area contributed by atoms with Gasteiger partial charge in [-0.15, -0.1) is 0 Å². The Kier molecular flexibility index (Phi) is 4.49. The molecule has 4 heteroatoms. The average Bonchev–Trinajstić information content (AvgIpc) is 2.96. The number of carbonyl (C=O) groups excluding carboxylic acids is 1. The van der Waals surface area contributed by atoms with Crippen LogP contribution < -0.4 is 0 Å². The Bertz CT molecular complexity index is 879. The van der Waals surface area contributed by atoms with Crippen LogP contribution in [0.5, 0.6) is 0 Å². The topological polar surface area (TPSA) is 36.1 Å². The second-order valence-corrected chi connectivity index (χ2v) is 6.38. The molecular weight excluding hydrogens is 303 g/mol. The summed E-state index contributed by atoms with van der Waals surface area (Å²) < 4.78 is 14.5. The number of fused-ring (bicyclic) bond motifs is 1. The predicted octanol–water partition coefficient (Wildman–Crippen LogP) is 4.28. The lowest BCUT2D eigenvalue weighted by Gasteiger charge is -2.09. The van der Waals surface area contributed by atoms with Crippen molar-refractivity contribution in [3.8, 4) is 11.1 Å². The maximum Gasteiger partial charge on any atom is 0.159 e. The molecule has 0 aliphatic rings. The van der Waals surface area contributed by atoms with Crippen LogP contribution in [0.2, 0.25) is 0 Å². The number of ketones is 1. The van der Waals surface area contributed by atoms with E-state index in [0.29, 0.717) is 11.1 Å². The van der Waals surface area contributed by atoms with E-state index in [-0.39, 0.29) is 11.6 Å². The summed E-state index contributed by atoms with van der Waals surface area (Å²) in [6.07, 6.45) is 2.75. The van der Waals surface area contributed by atoms with Crippen molar-refractivity contribution in [2.45, 2.75) is 13.3 Å². The van der Waals surface area contributed by atoms with Crippen LogP contribution in [0, 0.1) is 5.82 Å². The van der Waals surface area contributed by atoms with Gasteiger partial charge >= 0.3 is 0 Å². The lowest BCUT2D eigenvalue weighted by Crippen LogP contribution is -2.14. The number of halogens is 1. The second-order valence-electron chi connectivity index (χ2n) is 6.38. The fourth-order valence-electron chi connectivity index (χ4n) is 2.86. The first-order valence-corrected chi connectivity index (χ1v) is 8.01. The van der Waals surface area contributed by atoms with Crippen LogP contribution in [0.4, 0.5) is 4.39 Å². The van der Waals surface area contributed by atoms with E-state index in [4.69, 9.17) is 0 Å². The minimum atomic E-state index is -0.255. The number of carbonyl (C=O) groups is 1. The minimum absolute atomic E-state index is 0.0276. The molecule has 0 spiro atoms. The molecule has 0 bridgehead atoms. The number of nitrogens with zero attached hydrogens (tertiary/aromatic N) is 1. The quantitative estimate of drug-likeness (QED) is 0.711. The van der Waals surface area contributed by atoms with Crippen molar-refractivity contribution in [2.24, 2.45) is 0 Å². The van der Waals surface area contributed by atoms with Crippen molar-refractivity contribution in [1.82, 2.24) is 9.88 Å². The first-order valence-electron chi connectivity index (χ1n) is 8.01. The highest BCUT2D eigenvalue weighted by Gasteiger charge is 2.11.